The second kappa shape index (κ2) is 8.16. The van der Waals surface area contributed by atoms with Crippen molar-refractivity contribution in [2.75, 3.05) is 18.2 Å². The first-order chi connectivity index (χ1) is 13.4. The molecule has 3 amide bonds. The minimum Gasteiger partial charge on any atom is -0.477 e. The van der Waals surface area contributed by atoms with Gasteiger partial charge in [-0.3, -0.25) is 19.3 Å². The van der Waals surface area contributed by atoms with Crippen LogP contribution in [0.2, 0.25) is 0 Å². The summed E-state index contributed by atoms with van der Waals surface area (Å²) in [4.78, 5) is 56.6. The smallest absolute Gasteiger partial charge is 0.353 e. The lowest BCUT2D eigenvalue weighted by Crippen LogP contribution is -2.71. The van der Waals surface area contributed by atoms with E-state index in [2.05, 4.69) is 25.6 Å². The van der Waals surface area contributed by atoms with Crippen LogP contribution in [0.5, 0.6) is 0 Å². The number of carbonyl (C=O) groups is 4. The van der Waals surface area contributed by atoms with E-state index < -0.39 is 29.2 Å². The molecule has 0 bridgehead atoms. The molecule has 1 saturated heterocycles. The molecule has 1 aromatic heterocycles. The molecule has 2 atom stereocenters. The van der Waals surface area contributed by atoms with Gasteiger partial charge in [-0.15, -0.1) is 23.1 Å². The number of anilines is 1. The number of oxime groups is 1. The van der Waals surface area contributed by atoms with Crippen molar-refractivity contribution >= 4 is 69.7 Å². The lowest BCUT2D eigenvalue weighted by Gasteiger charge is -2.48. The molecule has 0 aliphatic carbocycles. The number of aromatic nitrogens is 1. The molecule has 28 heavy (non-hydrogen) atoms. The van der Waals surface area contributed by atoms with Gasteiger partial charge in [0.05, 0.1) is 5.03 Å². The van der Waals surface area contributed by atoms with Crippen molar-refractivity contribution in [1.29, 1.82) is 0 Å². The quantitative estimate of drug-likeness (QED) is 0.229. The standard InChI is InChI=1S/C14H12ClN5O6S2/c1-26-19-7(6-3-28-14(17-6)16-4-21)10(22)18-8-11(23)20-9(13(24)25)5(15)2-27-12(8)20/h3-4,8,12H,2H2,1H3,(H,18,22)(H,24,25)(H,16,17,21)/t8?,12-/m1/s1. The lowest BCUT2D eigenvalue weighted by atomic mass is 10.0. The van der Waals surface area contributed by atoms with Gasteiger partial charge in [0.25, 0.3) is 11.8 Å². The fourth-order valence-corrected chi connectivity index (χ4v) is 4.79. The third kappa shape index (κ3) is 3.55. The van der Waals surface area contributed by atoms with E-state index in [1.807, 2.05) is 0 Å². The zero-order chi connectivity index (χ0) is 20.4. The van der Waals surface area contributed by atoms with Gasteiger partial charge < -0.3 is 20.6 Å². The Labute approximate surface area is 170 Å². The fourth-order valence-electron chi connectivity index (χ4n) is 2.59. The van der Waals surface area contributed by atoms with Crippen LogP contribution in [-0.2, 0) is 24.0 Å². The van der Waals surface area contributed by atoms with Crippen LogP contribution in [0, 0.1) is 0 Å². The maximum absolute atomic E-state index is 12.6. The van der Waals surface area contributed by atoms with E-state index in [0.29, 0.717) is 6.41 Å². The highest BCUT2D eigenvalue weighted by molar-refractivity contribution is 8.00. The number of rotatable bonds is 7. The van der Waals surface area contributed by atoms with E-state index in [1.54, 1.807) is 0 Å². The summed E-state index contributed by atoms with van der Waals surface area (Å²) in [5.41, 5.74) is -0.338. The summed E-state index contributed by atoms with van der Waals surface area (Å²) < 4.78 is 0. The normalized spacial score (nSPS) is 21.6. The van der Waals surface area contributed by atoms with Gasteiger partial charge in [-0.05, 0) is 0 Å². The summed E-state index contributed by atoms with van der Waals surface area (Å²) in [5, 5.41) is 19.0. The summed E-state index contributed by atoms with van der Waals surface area (Å²) >= 11 is 8.22. The number of thioether (sulfide) groups is 1. The van der Waals surface area contributed by atoms with Crippen molar-refractivity contribution in [3.63, 3.8) is 0 Å². The van der Waals surface area contributed by atoms with E-state index in [-0.39, 0.29) is 33.0 Å². The minimum absolute atomic E-state index is 0.0613. The molecule has 14 heteroatoms. The number of nitrogens with zero attached hydrogens (tertiary/aromatic N) is 3. The van der Waals surface area contributed by atoms with Gasteiger partial charge in [-0.2, -0.15) is 0 Å². The number of thiazole rings is 1. The Morgan fingerprint density at radius 1 is 1.54 bits per heavy atom. The largest absolute Gasteiger partial charge is 0.477 e. The number of hydrogen-bond donors (Lipinski definition) is 3. The Morgan fingerprint density at radius 3 is 2.93 bits per heavy atom. The van der Waals surface area contributed by atoms with Crippen LogP contribution in [0.3, 0.4) is 0 Å². The Hall–Kier alpha value is -2.64. The average Bonchev–Trinajstić information content (AvgIpc) is 3.12. The zero-order valence-corrected chi connectivity index (χ0v) is 16.4. The van der Waals surface area contributed by atoms with Crippen LogP contribution in [0.25, 0.3) is 0 Å². The molecule has 2 aliphatic rings. The van der Waals surface area contributed by atoms with Gasteiger partial charge >= 0.3 is 5.97 Å². The Balaban J connectivity index is 1.77. The third-order valence-corrected chi connectivity index (χ3v) is 6.26. The van der Waals surface area contributed by atoms with E-state index >= 15 is 0 Å². The first kappa shape index (κ1) is 20.1. The van der Waals surface area contributed by atoms with Crippen molar-refractivity contribution in [1.82, 2.24) is 15.2 Å². The molecule has 1 unspecified atom stereocenters. The van der Waals surface area contributed by atoms with Crippen molar-refractivity contribution in [2.45, 2.75) is 11.4 Å². The van der Waals surface area contributed by atoms with Crippen molar-refractivity contribution in [2.24, 2.45) is 5.16 Å². The molecule has 0 radical (unpaired) electrons. The first-order valence-corrected chi connectivity index (χ1v) is 9.84. The Bertz CT molecular complexity index is 916. The van der Waals surface area contributed by atoms with Crippen molar-refractivity contribution in [3.05, 3.63) is 21.8 Å². The molecule has 148 valence electrons. The predicted molar refractivity (Wildman–Crippen MR) is 101 cm³/mol. The number of carboxylic acids is 1. The Morgan fingerprint density at radius 2 is 2.29 bits per heavy atom. The van der Waals surface area contributed by atoms with Gasteiger partial charge in [0.15, 0.2) is 10.8 Å². The summed E-state index contributed by atoms with van der Waals surface area (Å²) in [7, 11) is 1.24. The highest BCUT2D eigenvalue weighted by Crippen LogP contribution is 2.41. The Kier molecular flexibility index (Phi) is 5.86. The average molecular weight is 446 g/mol. The second-order valence-corrected chi connectivity index (χ2v) is 7.76. The maximum atomic E-state index is 12.6. The van der Waals surface area contributed by atoms with Crippen LogP contribution >= 0.6 is 34.7 Å². The number of halogens is 1. The van der Waals surface area contributed by atoms with Crippen LogP contribution < -0.4 is 10.6 Å². The molecule has 3 N–H and O–H groups in total. The predicted octanol–water partition coefficient (Wildman–Crippen LogP) is -0.00320. The highest BCUT2D eigenvalue weighted by atomic mass is 35.5. The molecular weight excluding hydrogens is 434 g/mol. The second-order valence-electron chi connectivity index (χ2n) is 5.34. The van der Waals surface area contributed by atoms with Gasteiger partial charge in [0.2, 0.25) is 6.41 Å². The SMILES string of the molecule is CON=C(C(=O)NC1C(=O)N2C(C(=O)O)=C(Cl)CS[C@H]12)c1csc(NC=O)n1. The fraction of sp³-hybridized carbons (Fsp3) is 0.286. The van der Waals surface area contributed by atoms with Gasteiger partial charge in [-0.1, -0.05) is 16.8 Å². The van der Waals surface area contributed by atoms with E-state index in [4.69, 9.17) is 11.6 Å². The highest BCUT2D eigenvalue weighted by Gasteiger charge is 2.54. The van der Waals surface area contributed by atoms with Crippen LogP contribution in [0.1, 0.15) is 5.69 Å². The number of fused-ring (bicyclic) bond motifs is 1. The van der Waals surface area contributed by atoms with Gasteiger partial charge in [-0.25, -0.2) is 9.78 Å². The molecule has 3 rings (SSSR count). The molecular formula is C14H12ClN5O6S2. The monoisotopic (exact) mass is 445 g/mol. The summed E-state index contributed by atoms with van der Waals surface area (Å²) in [5.74, 6) is -2.44. The first-order valence-electron chi connectivity index (χ1n) is 7.53. The number of aliphatic carboxylic acids is 1. The molecule has 2 aliphatic heterocycles. The van der Waals surface area contributed by atoms with Crippen molar-refractivity contribution < 1.29 is 29.1 Å². The summed E-state index contributed by atoms with van der Waals surface area (Å²) in [6.07, 6.45) is 0.441. The number of hydrogen-bond acceptors (Lipinski definition) is 9. The molecule has 1 fully saturated rings. The molecule has 0 saturated carbocycles. The number of nitrogens with one attached hydrogen (secondary N) is 2. The molecule has 0 aromatic carbocycles. The summed E-state index contributed by atoms with van der Waals surface area (Å²) in [6.45, 7) is 0. The minimum atomic E-state index is -1.31. The molecule has 1 aromatic rings. The topological polar surface area (TPSA) is 150 Å². The zero-order valence-electron chi connectivity index (χ0n) is 14.0. The molecule has 11 nitrogen and oxygen atoms in total. The van der Waals surface area contributed by atoms with Gasteiger partial charge in [0.1, 0.15) is 29.9 Å². The summed E-state index contributed by atoms with van der Waals surface area (Å²) in [6, 6.07) is -0.954. The lowest BCUT2D eigenvalue weighted by molar-refractivity contribution is -0.150. The van der Waals surface area contributed by atoms with E-state index in [9.17, 15) is 24.3 Å². The van der Waals surface area contributed by atoms with Crippen LogP contribution in [0.15, 0.2) is 21.3 Å². The number of carboxylic acid groups (broad SMARTS) is 1. The molecule has 3 heterocycles. The molecule has 0 spiro atoms. The maximum Gasteiger partial charge on any atom is 0.353 e. The number of carbonyl (C=O) groups excluding carboxylic acids is 3. The number of amides is 3. The number of β-lactam (4-membered cyclic amide) rings is 1. The third-order valence-electron chi connectivity index (χ3n) is 3.74. The van der Waals surface area contributed by atoms with Crippen LogP contribution in [-0.4, -0.2) is 69.2 Å². The van der Waals surface area contributed by atoms with E-state index in [0.717, 1.165) is 16.2 Å². The van der Waals surface area contributed by atoms with Gasteiger partial charge in [0, 0.05) is 11.1 Å². The van der Waals surface area contributed by atoms with E-state index in [1.165, 1.54) is 24.3 Å². The van der Waals surface area contributed by atoms with Crippen molar-refractivity contribution in [3.8, 4) is 0 Å². The van der Waals surface area contributed by atoms with Crippen LogP contribution in [0.4, 0.5) is 5.13 Å².